The highest BCUT2D eigenvalue weighted by atomic mass is 127. The molecule has 0 bridgehead atoms. The van der Waals surface area contributed by atoms with Crippen molar-refractivity contribution in [2.75, 3.05) is 20.2 Å². The maximum Gasteiger partial charge on any atom is 0.188 e. The third kappa shape index (κ3) is 9.64. The van der Waals surface area contributed by atoms with Gasteiger partial charge in [-0.05, 0) is 11.3 Å². The van der Waals surface area contributed by atoms with Crippen LogP contribution in [0, 0.1) is 11.3 Å². The normalized spacial score (nSPS) is 14.4. The standard InChI is InChI=1S/C12H27N3O.HI/c1-9(2)7-14-11(13)15-8-10(16-6)12(3,4)5;/h9-10H,7-8H2,1-6H3,(H3,13,14,15);1H. The zero-order valence-electron chi connectivity index (χ0n) is 11.9. The molecule has 0 radical (unpaired) electrons. The van der Waals surface area contributed by atoms with E-state index in [0.717, 1.165) is 6.54 Å². The van der Waals surface area contributed by atoms with Gasteiger partial charge < -0.3 is 15.8 Å². The van der Waals surface area contributed by atoms with Crippen molar-refractivity contribution in [2.24, 2.45) is 22.1 Å². The van der Waals surface area contributed by atoms with Gasteiger partial charge in [-0.25, -0.2) is 0 Å². The first-order valence-corrected chi connectivity index (χ1v) is 5.84. The molecule has 0 fully saturated rings. The summed E-state index contributed by atoms with van der Waals surface area (Å²) >= 11 is 0. The summed E-state index contributed by atoms with van der Waals surface area (Å²) in [6, 6.07) is 0. The fraction of sp³-hybridized carbons (Fsp3) is 0.917. The molecular formula is C12H28IN3O. The molecule has 0 aromatic heterocycles. The monoisotopic (exact) mass is 357 g/mol. The summed E-state index contributed by atoms with van der Waals surface area (Å²) < 4.78 is 5.42. The average Bonchev–Trinajstić information content (AvgIpc) is 2.13. The van der Waals surface area contributed by atoms with E-state index in [1.165, 1.54) is 0 Å². The lowest BCUT2D eigenvalue weighted by molar-refractivity contribution is 0.0206. The van der Waals surface area contributed by atoms with E-state index in [1.54, 1.807) is 7.11 Å². The maximum absolute atomic E-state index is 5.75. The quantitative estimate of drug-likeness (QED) is 0.451. The highest BCUT2D eigenvalue weighted by molar-refractivity contribution is 14.0. The molecule has 0 saturated carbocycles. The second kappa shape index (κ2) is 8.97. The molecule has 1 atom stereocenters. The van der Waals surface area contributed by atoms with Crippen LogP contribution in [0.5, 0.6) is 0 Å². The predicted octanol–water partition coefficient (Wildman–Crippen LogP) is 2.23. The van der Waals surface area contributed by atoms with Gasteiger partial charge in [0.1, 0.15) is 0 Å². The molecule has 0 aromatic rings. The second-order valence-electron chi connectivity index (χ2n) is 5.59. The van der Waals surface area contributed by atoms with E-state index in [0.29, 0.717) is 18.4 Å². The number of methoxy groups -OCH3 is 1. The molecule has 0 rings (SSSR count). The third-order valence-electron chi connectivity index (χ3n) is 2.35. The Morgan fingerprint density at radius 2 is 1.88 bits per heavy atom. The Morgan fingerprint density at radius 3 is 2.24 bits per heavy atom. The van der Waals surface area contributed by atoms with E-state index in [1.807, 2.05) is 0 Å². The first kappa shape index (κ1) is 19.3. The SMILES string of the molecule is COC(CNC(N)=NCC(C)C)C(C)(C)C.I. The van der Waals surface area contributed by atoms with Crippen LogP contribution in [-0.4, -0.2) is 32.3 Å². The van der Waals surface area contributed by atoms with Gasteiger partial charge in [0.05, 0.1) is 6.10 Å². The fourth-order valence-corrected chi connectivity index (χ4v) is 1.28. The number of ether oxygens (including phenoxy) is 1. The van der Waals surface area contributed by atoms with Crippen molar-refractivity contribution >= 4 is 29.9 Å². The Hall–Kier alpha value is -0.0400. The minimum Gasteiger partial charge on any atom is -0.379 e. The molecule has 0 spiro atoms. The van der Waals surface area contributed by atoms with Crippen LogP contribution < -0.4 is 11.1 Å². The number of rotatable bonds is 5. The average molecular weight is 357 g/mol. The molecule has 3 N–H and O–H groups in total. The lowest BCUT2D eigenvalue weighted by atomic mass is 9.89. The van der Waals surface area contributed by atoms with Crippen LogP contribution in [0.15, 0.2) is 4.99 Å². The summed E-state index contributed by atoms with van der Waals surface area (Å²) in [4.78, 5) is 4.24. The Bertz CT molecular complexity index is 224. The topological polar surface area (TPSA) is 59.6 Å². The van der Waals surface area contributed by atoms with Crippen molar-refractivity contribution in [3.63, 3.8) is 0 Å². The van der Waals surface area contributed by atoms with Gasteiger partial charge in [0.2, 0.25) is 0 Å². The zero-order valence-corrected chi connectivity index (χ0v) is 14.2. The van der Waals surface area contributed by atoms with Gasteiger partial charge in [-0.3, -0.25) is 4.99 Å². The predicted molar refractivity (Wildman–Crippen MR) is 85.0 cm³/mol. The van der Waals surface area contributed by atoms with E-state index in [4.69, 9.17) is 10.5 Å². The smallest absolute Gasteiger partial charge is 0.188 e. The Kier molecular flexibility index (Phi) is 10.2. The number of hydrogen-bond donors (Lipinski definition) is 2. The summed E-state index contributed by atoms with van der Waals surface area (Å²) in [6.45, 7) is 12.1. The van der Waals surface area contributed by atoms with Crippen LogP contribution in [-0.2, 0) is 4.74 Å². The molecule has 0 amide bonds. The van der Waals surface area contributed by atoms with Crippen LogP contribution in [0.25, 0.3) is 0 Å². The summed E-state index contributed by atoms with van der Waals surface area (Å²) in [5.74, 6) is 1.03. The van der Waals surface area contributed by atoms with Gasteiger partial charge in [0.15, 0.2) is 5.96 Å². The van der Waals surface area contributed by atoms with Crippen LogP contribution >= 0.6 is 24.0 Å². The fourth-order valence-electron chi connectivity index (χ4n) is 1.28. The van der Waals surface area contributed by atoms with Crippen molar-refractivity contribution in [3.8, 4) is 0 Å². The van der Waals surface area contributed by atoms with E-state index in [-0.39, 0.29) is 35.5 Å². The van der Waals surface area contributed by atoms with E-state index >= 15 is 0 Å². The number of halogens is 1. The van der Waals surface area contributed by atoms with Crippen molar-refractivity contribution in [1.82, 2.24) is 5.32 Å². The first-order valence-electron chi connectivity index (χ1n) is 5.84. The Balaban J connectivity index is 0. The molecule has 0 saturated heterocycles. The minimum atomic E-state index is 0. The highest BCUT2D eigenvalue weighted by Gasteiger charge is 2.23. The number of aliphatic imine (C=N–C) groups is 1. The largest absolute Gasteiger partial charge is 0.379 e. The van der Waals surface area contributed by atoms with Gasteiger partial charge in [-0.1, -0.05) is 34.6 Å². The molecular weight excluding hydrogens is 329 g/mol. The van der Waals surface area contributed by atoms with E-state index in [9.17, 15) is 0 Å². The van der Waals surface area contributed by atoms with Gasteiger partial charge in [0, 0.05) is 20.2 Å². The molecule has 0 aliphatic rings. The van der Waals surface area contributed by atoms with Crippen LogP contribution in [0.4, 0.5) is 0 Å². The first-order chi connectivity index (χ1) is 7.27. The van der Waals surface area contributed by atoms with Crippen molar-refractivity contribution in [3.05, 3.63) is 0 Å². The molecule has 0 aromatic carbocycles. The van der Waals surface area contributed by atoms with Crippen LogP contribution in [0.2, 0.25) is 0 Å². The highest BCUT2D eigenvalue weighted by Crippen LogP contribution is 2.20. The second-order valence-corrected chi connectivity index (χ2v) is 5.59. The molecule has 104 valence electrons. The number of hydrogen-bond acceptors (Lipinski definition) is 2. The maximum atomic E-state index is 5.75. The third-order valence-corrected chi connectivity index (χ3v) is 2.35. The molecule has 17 heavy (non-hydrogen) atoms. The molecule has 0 heterocycles. The summed E-state index contributed by atoms with van der Waals surface area (Å²) in [6.07, 6.45) is 0.125. The zero-order chi connectivity index (χ0) is 12.8. The van der Waals surface area contributed by atoms with Crippen molar-refractivity contribution in [2.45, 2.75) is 40.7 Å². The number of nitrogens with zero attached hydrogens (tertiary/aromatic N) is 1. The molecule has 5 heteroatoms. The van der Waals surface area contributed by atoms with Crippen molar-refractivity contribution in [1.29, 1.82) is 0 Å². The van der Waals surface area contributed by atoms with Crippen LogP contribution in [0.1, 0.15) is 34.6 Å². The van der Waals surface area contributed by atoms with Gasteiger partial charge in [0.25, 0.3) is 0 Å². The summed E-state index contributed by atoms with van der Waals surface area (Å²) in [5, 5.41) is 3.10. The van der Waals surface area contributed by atoms with Gasteiger partial charge in [-0.2, -0.15) is 0 Å². The number of nitrogens with one attached hydrogen (secondary N) is 1. The minimum absolute atomic E-state index is 0. The lowest BCUT2D eigenvalue weighted by Crippen LogP contribution is -2.43. The van der Waals surface area contributed by atoms with E-state index < -0.39 is 0 Å². The summed E-state index contributed by atoms with van der Waals surface area (Å²) in [7, 11) is 1.72. The number of nitrogens with two attached hydrogens (primary N) is 1. The summed E-state index contributed by atoms with van der Waals surface area (Å²) in [5.41, 5.74) is 5.85. The molecule has 0 aliphatic heterocycles. The molecule has 4 nitrogen and oxygen atoms in total. The van der Waals surface area contributed by atoms with E-state index in [2.05, 4.69) is 44.9 Å². The lowest BCUT2D eigenvalue weighted by Gasteiger charge is -2.29. The van der Waals surface area contributed by atoms with Crippen molar-refractivity contribution < 1.29 is 4.74 Å². The number of guanidine groups is 1. The molecule has 0 aliphatic carbocycles. The molecule has 1 unspecified atom stereocenters. The Morgan fingerprint density at radius 1 is 1.35 bits per heavy atom. The Labute approximate surface area is 123 Å². The van der Waals surface area contributed by atoms with Crippen LogP contribution in [0.3, 0.4) is 0 Å². The van der Waals surface area contributed by atoms with Gasteiger partial charge in [-0.15, -0.1) is 24.0 Å². The van der Waals surface area contributed by atoms with Gasteiger partial charge >= 0.3 is 0 Å².